The van der Waals surface area contributed by atoms with Gasteiger partial charge in [0.2, 0.25) is 0 Å². The normalized spacial score (nSPS) is 22.9. The van der Waals surface area contributed by atoms with Crippen LogP contribution in [0.2, 0.25) is 5.02 Å². The maximum atomic E-state index is 13.8. The van der Waals surface area contributed by atoms with E-state index in [2.05, 4.69) is 15.9 Å². The number of carbonyl (C=O) groups excluding carboxylic acids is 1. The molecule has 1 aliphatic rings. The summed E-state index contributed by atoms with van der Waals surface area (Å²) in [5.41, 5.74) is -0.311. The summed E-state index contributed by atoms with van der Waals surface area (Å²) in [7, 11) is 0. The molecule has 110 valence electrons. The number of amides is 1. The van der Waals surface area contributed by atoms with Gasteiger partial charge in [-0.1, -0.05) is 27.5 Å². The zero-order chi connectivity index (χ0) is 14.9. The Kier molecular flexibility index (Phi) is 4.99. The van der Waals surface area contributed by atoms with Crippen LogP contribution in [0.25, 0.3) is 0 Å². The Labute approximate surface area is 129 Å². The average Bonchev–Trinajstić information content (AvgIpc) is 2.41. The topological polar surface area (TPSA) is 29.5 Å². The van der Waals surface area contributed by atoms with Crippen molar-refractivity contribution in [1.29, 1.82) is 0 Å². The van der Waals surface area contributed by atoms with E-state index < -0.39 is 17.5 Å². The summed E-state index contributed by atoms with van der Waals surface area (Å²) < 4.78 is 32.8. The lowest BCUT2D eigenvalue weighted by Crippen LogP contribution is -2.49. The first-order valence-electron chi connectivity index (χ1n) is 6.07. The molecule has 1 aliphatic heterocycles. The van der Waals surface area contributed by atoms with Crippen LogP contribution >= 0.6 is 27.5 Å². The molecule has 1 aromatic carbocycles. The lowest BCUT2D eigenvalue weighted by Gasteiger charge is -2.36. The number of morpholine rings is 1. The van der Waals surface area contributed by atoms with Crippen molar-refractivity contribution in [3.8, 4) is 0 Å². The molecule has 0 radical (unpaired) electrons. The fourth-order valence-electron chi connectivity index (χ4n) is 2.15. The van der Waals surface area contributed by atoms with E-state index in [-0.39, 0.29) is 22.8 Å². The minimum atomic E-state index is -0.823. The highest BCUT2D eigenvalue weighted by molar-refractivity contribution is 9.09. The van der Waals surface area contributed by atoms with Crippen LogP contribution in [-0.4, -0.2) is 41.4 Å². The van der Waals surface area contributed by atoms with E-state index in [1.165, 1.54) is 4.90 Å². The van der Waals surface area contributed by atoms with Crippen molar-refractivity contribution < 1.29 is 18.3 Å². The van der Waals surface area contributed by atoms with Crippen LogP contribution in [0.4, 0.5) is 8.78 Å². The van der Waals surface area contributed by atoms with Crippen molar-refractivity contribution in [1.82, 2.24) is 4.90 Å². The molecule has 20 heavy (non-hydrogen) atoms. The number of hydrogen-bond donors (Lipinski definition) is 0. The van der Waals surface area contributed by atoms with Gasteiger partial charge >= 0.3 is 0 Å². The second-order valence-corrected chi connectivity index (χ2v) is 5.73. The highest BCUT2D eigenvalue weighted by Gasteiger charge is 2.30. The summed E-state index contributed by atoms with van der Waals surface area (Å²) in [6.45, 7) is 2.50. The summed E-state index contributed by atoms with van der Waals surface area (Å²) in [6.07, 6.45) is -0.321. The molecule has 1 fully saturated rings. The Bertz CT molecular complexity index is 529. The van der Waals surface area contributed by atoms with Crippen molar-refractivity contribution in [2.24, 2.45) is 0 Å². The Balaban J connectivity index is 2.24. The van der Waals surface area contributed by atoms with E-state index in [1.54, 1.807) is 0 Å². The van der Waals surface area contributed by atoms with Crippen LogP contribution in [-0.2, 0) is 4.74 Å². The van der Waals surface area contributed by atoms with Gasteiger partial charge in [-0.25, -0.2) is 8.78 Å². The number of rotatable bonds is 2. The van der Waals surface area contributed by atoms with Gasteiger partial charge in [0.25, 0.3) is 5.91 Å². The molecule has 0 saturated carbocycles. The molecule has 0 aromatic heterocycles. The van der Waals surface area contributed by atoms with Gasteiger partial charge < -0.3 is 9.64 Å². The minimum Gasteiger partial charge on any atom is -0.371 e. The molecule has 0 aliphatic carbocycles. The second-order valence-electron chi connectivity index (χ2n) is 4.68. The monoisotopic (exact) mass is 367 g/mol. The molecule has 1 aromatic rings. The standard InChI is InChI=1S/C13H13BrClF2NO2/c1-7-5-18(6-8(4-14)20-7)13(19)9-2-12(17)10(15)3-11(9)16/h2-3,7-8H,4-6H2,1H3. The number of halogens is 4. The van der Waals surface area contributed by atoms with E-state index >= 15 is 0 Å². The molecule has 2 unspecified atom stereocenters. The smallest absolute Gasteiger partial charge is 0.257 e. The van der Waals surface area contributed by atoms with Gasteiger partial charge in [0.05, 0.1) is 22.8 Å². The quantitative estimate of drug-likeness (QED) is 0.592. The molecule has 1 amide bonds. The van der Waals surface area contributed by atoms with Crippen LogP contribution in [0.3, 0.4) is 0 Å². The minimum absolute atomic E-state index is 0.157. The molecule has 0 N–H and O–H groups in total. The third kappa shape index (κ3) is 3.30. The highest BCUT2D eigenvalue weighted by atomic mass is 79.9. The number of ether oxygens (including phenoxy) is 1. The van der Waals surface area contributed by atoms with Crippen molar-refractivity contribution in [2.75, 3.05) is 18.4 Å². The Hall–Kier alpha value is -0.720. The maximum Gasteiger partial charge on any atom is 0.257 e. The lowest BCUT2D eigenvalue weighted by molar-refractivity contribution is -0.0560. The van der Waals surface area contributed by atoms with E-state index in [1.807, 2.05) is 6.92 Å². The van der Waals surface area contributed by atoms with Gasteiger partial charge in [0, 0.05) is 18.4 Å². The molecule has 2 rings (SSSR count). The fourth-order valence-corrected chi connectivity index (χ4v) is 2.66. The number of hydrogen-bond acceptors (Lipinski definition) is 2. The summed E-state index contributed by atoms with van der Waals surface area (Å²) in [5.74, 6) is -2.19. The van der Waals surface area contributed by atoms with Crippen molar-refractivity contribution >= 4 is 33.4 Å². The predicted molar refractivity (Wildman–Crippen MR) is 75.4 cm³/mol. The van der Waals surface area contributed by atoms with Gasteiger partial charge in [-0.2, -0.15) is 0 Å². The molecule has 1 heterocycles. The summed E-state index contributed by atoms with van der Waals surface area (Å²) >= 11 is 8.77. The third-order valence-electron chi connectivity index (χ3n) is 3.03. The summed E-state index contributed by atoms with van der Waals surface area (Å²) in [5, 5.41) is 0.228. The zero-order valence-corrected chi connectivity index (χ0v) is 13.0. The van der Waals surface area contributed by atoms with Gasteiger partial charge in [0.15, 0.2) is 0 Å². The van der Waals surface area contributed by atoms with Crippen molar-refractivity contribution in [3.05, 3.63) is 34.4 Å². The van der Waals surface area contributed by atoms with Crippen LogP contribution in [0.5, 0.6) is 0 Å². The van der Waals surface area contributed by atoms with Crippen LogP contribution in [0.15, 0.2) is 12.1 Å². The Morgan fingerprint density at radius 2 is 2.15 bits per heavy atom. The molecule has 7 heteroatoms. The third-order valence-corrected chi connectivity index (χ3v) is 4.04. The SMILES string of the molecule is CC1CN(C(=O)c2cc(F)c(Cl)cc2F)CC(CBr)O1. The molecular weight excluding hydrogens is 356 g/mol. The number of carbonyl (C=O) groups is 1. The largest absolute Gasteiger partial charge is 0.371 e. The van der Waals surface area contributed by atoms with Crippen LogP contribution in [0, 0.1) is 11.6 Å². The predicted octanol–water partition coefficient (Wildman–Crippen LogP) is 3.24. The fraction of sp³-hybridized carbons (Fsp3) is 0.462. The lowest BCUT2D eigenvalue weighted by atomic mass is 10.1. The van der Waals surface area contributed by atoms with Crippen molar-refractivity contribution in [2.45, 2.75) is 19.1 Å². The molecule has 1 saturated heterocycles. The highest BCUT2D eigenvalue weighted by Crippen LogP contribution is 2.22. The van der Waals surface area contributed by atoms with E-state index in [9.17, 15) is 13.6 Å². The van der Waals surface area contributed by atoms with E-state index in [4.69, 9.17) is 16.3 Å². The van der Waals surface area contributed by atoms with Gasteiger partial charge in [-0.05, 0) is 19.1 Å². The Morgan fingerprint density at radius 3 is 2.80 bits per heavy atom. The van der Waals surface area contributed by atoms with E-state index in [0.29, 0.717) is 18.4 Å². The maximum absolute atomic E-state index is 13.8. The summed E-state index contributed by atoms with van der Waals surface area (Å²) in [4.78, 5) is 13.8. The van der Waals surface area contributed by atoms with Gasteiger partial charge in [-0.15, -0.1) is 0 Å². The average molecular weight is 369 g/mol. The molecule has 2 atom stereocenters. The van der Waals surface area contributed by atoms with Gasteiger partial charge in [-0.3, -0.25) is 4.79 Å². The first-order chi connectivity index (χ1) is 9.42. The van der Waals surface area contributed by atoms with Crippen molar-refractivity contribution in [3.63, 3.8) is 0 Å². The first-order valence-corrected chi connectivity index (χ1v) is 7.57. The number of alkyl halides is 1. The molecule has 3 nitrogen and oxygen atoms in total. The van der Waals surface area contributed by atoms with Gasteiger partial charge in [0.1, 0.15) is 11.6 Å². The number of benzene rings is 1. The molecular formula is C13H13BrClF2NO2. The second kappa shape index (κ2) is 6.37. The molecule has 0 spiro atoms. The number of nitrogens with zero attached hydrogens (tertiary/aromatic N) is 1. The molecule has 0 bridgehead atoms. The first kappa shape index (κ1) is 15.7. The Morgan fingerprint density at radius 1 is 1.45 bits per heavy atom. The zero-order valence-electron chi connectivity index (χ0n) is 10.7. The van der Waals surface area contributed by atoms with Crippen LogP contribution < -0.4 is 0 Å². The van der Waals surface area contributed by atoms with Crippen LogP contribution in [0.1, 0.15) is 17.3 Å². The van der Waals surface area contributed by atoms with E-state index in [0.717, 1.165) is 12.1 Å². The summed E-state index contributed by atoms with van der Waals surface area (Å²) in [6, 6.07) is 1.65.